The summed E-state index contributed by atoms with van der Waals surface area (Å²) < 4.78 is 47.5. The molecule has 2 heterocycles. The fourth-order valence-electron chi connectivity index (χ4n) is 2.81. The van der Waals surface area contributed by atoms with Crippen molar-refractivity contribution in [3.63, 3.8) is 0 Å². The summed E-state index contributed by atoms with van der Waals surface area (Å²) in [6.07, 6.45) is -0.103. The molecular weight excluding hydrogens is 397 g/mol. The van der Waals surface area contributed by atoms with E-state index in [1.807, 2.05) is 0 Å². The second kappa shape index (κ2) is 8.68. The van der Waals surface area contributed by atoms with Crippen molar-refractivity contribution < 1.29 is 27.4 Å². The van der Waals surface area contributed by atoms with Crippen LogP contribution in [0.4, 0.5) is 13.2 Å². The van der Waals surface area contributed by atoms with Gasteiger partial charge in [-0.2, -0.15) is 13.2 Å². The minimum atomic E-state index is -4.47. The lowest BCUT2D eigenvalue weighted by Crippen LogP contribution is -2.35. The van der Waals surface area contributed by atoms with E-state index in [4.69, 9.17) is 21.1 Å². The molecule has 0 bridgehead atoms. The smallest absolute Gasteiger partial charge is 0.422 e. The highest BCUT2D eigenvalue weighted by molar-refractivity contribution is 6.32. The molecule has 1 amide bonds. The number of rotatable bonds is 5. The number of hydrogen-bond acceptors (Lipinski definition) is 4. The van der Waals surface area contributed by atoms with Crippen molar-refractivity contribution in [3.8, 4) is 17.4 Å². The first-order valence-corrected chi connectivity index (χ1v) is 9.12. The van der Waals surface area contributed by atoms with Gasteiger partial charge in [-0.15, -0.1) is 0 Å². The molecule has 1 aliphatic heterocycles. The predicted octanol–water partition coefficient (Wildman–Crippen LogP) is 5.09. The number of amides is 1. The van der Waals surface area contributed by atoms with Crippen molar-refractivity contribution in [1.29, 1.82) is 0 Å². The van der Waals surface area contributed by atoms with E-state index in [1.54, 1.807) is 11.0 Å². The van der Waals surface area contributed by atoms with E-state index >= 15 is 0 Å². The SMILES string of the molecule is O=C(c1cnc(Oc2ccccc2OCC(F)(F)F)c(Cl)c1)N1CCCCC1. The Balaban J connectivity index is 1.74. The van der Waals surface area contributed by atoms with Crippen LogP contribution >= 0.6 is 11.6 Å². The number of para-hydroxylation sites is 2. The van der Waals surface area contributed by atoms with E-state index in [0.29, 0.717) is 18.7 Å². The van der Waals surface area contributed by atoms with Crippen LogP contribution in [0.3, 0.4) is 0 Å². The summed E-state index contributed by atoms with van der Waals surface area (Å²) in [5.41, 5.74) is 0.334. The fraction of sp³-hybridized carbons (Fsp3) is 0.368. The molecule has 1 aromatic carbocycles. The first-order valence-electron chi connectivity index (χ1n) is 8.75. The largest absolute Gasteiger partial charge is 0.480 e. The summed E-state index contributed by atoms with van der Waals surface area (Å²) in [4.78, 5) is 18.3. The van der Waals surface area contributed by atoms with E-state index in [1.165, 1.54) is 30.5 Å². The number of halogens is 4. The van der Waals surface area contributed by atoms with E-state index in [9.17, 15) is 18.0 Å². The van der Waals surface area contributed by atoms with Crippen LogP contribution in [0.25, 0.3) is 0 Å². The minimum absolute atomic E-state index is 0.0279. The number of pyridine rings is 1. The van der Waals surface area contributed by atoms with Crippen LogP contribution in [-0.2, 0) is 0 Å². The van der Waals surface area contributed by atoms with E-state index in [0.717, 1.165) is 19.3 Å². The fourth-order valence-corrected chi connectivity index (χ4v) is 3.02. The molecule has 28 heavy (non-hydrogen) atoms. The second-order valence-electron chi connectivity index (χ2n) is 6.32. The van der Waals surface area contributed by atoms with E-state index in [-0.39, 0.29) is 28.3 Å². The molecule has 0 aliphatic carbocycles. The Hall–Kier alpha value is -2.48. The number of carbonyl (C=O) groups excluding carboxylic acids is 1. The maximum absolute atomic E-state index is 12.5. The lowest BCUT2D eigenvalue weighted by atomic mass is 10.1. The number of piperidine rings is 1. The number of nitrogens with zero attached hydrogens (tertiary/aromatic N) is 2. The standard InChI is InChI=1S/C19H18ClF3N2O3/c20-14-10-13(18(26)25-8-4-1-5-9-25)11-24-17(14)28-16-7-3-2-6-15(16)27-12-19(21,22)23/h2-3,6-7,10-11H,1,4-5,8-9,12H2. The van der Waals surface area contributed by atoms with Crippen LogP contribution in [-0.4, -0.2) is 41.7 Å². The Morgan fingerprint density at radius 3 is 2.46 bits per heavy atom. The van der Waals surface area contributed by atoms with E-state index in [2.05, 4.69) is 4.98 Å². The molecule has 0 unspecified atom stereocenters. The average molecular weight is 415 g/mol. The summed E-state index contributed by atoms with van der Waals surface area (Å²) in [5, 5.41) is 0.0773. The van der Waals surface area contributed by atoms with Crippen molar-refractivity contribution in [3.05, 3.63) is 47.1 Å². The van der Waals surface area contributed by atoms with Crippen molar-refractivity contribution in [2.75, 3.05) is 19.7 Å². The quantitative estimate of drug-likeness (QED) is 0.683. The van der Waals surface area contributed by atoms with Gasteiger partial charge in [-0.05, 0) is 37.5 Å². The molecule has 1 aromatic heterocycles. The zero-order valence-corrected chi connectivity index (χ0v) is 15.6. The van der Waals surface area contributed by atoms with Gasteiger partial charge < -0.3 is 14.4 Å². The second-order valence-corrected chi connectivity index (χ2v) is 6.72. The van der Waals surface area contributed by atoms with Gasteiger partial charge in [0, 0.05) is 19.3 Å². The predicted molar refractivity (Wildman–Crippen MR) is 97.1 cm³/mol. The van der Waals surface area contributed by atoms with Gasteiger partial charge in [0.15, 0.2) is 18.1 Å². The molecule has 0 radical (unpaired) electrons. The Labute approximate surface area is 165 Å². The van der Waals surface area contributed by atoms with Crippen molar-refractivity contribution in [2.24, 2.45) is 0 Å². The lowest BCUT2D eigenvalue weighted by molar-refractivity contribution is -0.153. The monoisotopic (exact) mass is 414 g/mol. The number of ether oxygens (including phenoxy) is 2. The first kappa shape index (κ1) is 20.3. The molecule has 2 aromatic rings. The zero-order chi connectivity index (χ0) is 20.1. The Morgan fingerprint density at radius 2 is 1.82 bits per heavy atom. The maximum atomic E-state index is 12.5. The number of aromatic nitrogens is 1. The van der Waals surface area contributed by atoms with Gasteiger partial charge in [0.05, 0.1) is 5.56 Å². The summed E-state index contributed by atoms with van der Waals surface area (Å²) in [7, 11) is 0. The van der Waals surface area contributed by atoms with Crippen molar-refractivity contribution in [2.45, 2.75) is 25.4 Å². The highest BCUT2D eigenvalue weighted by Crippen LogP contribution is 2.34. The van der Waals surface area contributed by atoms with Gasteiger partial charge in [0.1, 0.15) is 5.02 Å². The Kier molecular flexibility index (Phi) is 6.28. The van der Waals surface area contributed by atoms with Gasteiger partial charge in [0.2, 0.25) is 5.88 Å². The number of carbonyl (C=O) groups is 1. The topological polar surface area (TPSA) is 51.7 Å². The van der Waals surface area contributed by atoms with Gasteiger partial charge in [-0.25, -0.2) is 4.98 Å². The van der Waals surface area contributed by atoms with Crippen LogP contribution in [0.5, 0.6) is 17.4 Å². The third-order valence-corrected chi connectivity index (χ3v) is 4.42. The maximum Gasteiger partial charge on any atom is 0.422 e. The molecular formula is C19H18ClF3N2O3. The average Bonchev–Trinajstić information content (AvgIpc) is 2.68. The highest BCUT2D eigenvalue weighted by Gasteiger charge is 2.29. The summed E-state index contributed by atoms with van der Waals surface area (Å²) >= 11 is 6.19. The van der Waals surface area contributed by atoms with Gasteiger partial charge in [0.25, 0.3) is 5.91 Å². The molecule has 1 aliphatic rings. The van der Waals surface area contributed by atoms with Crippen LogP contribution in [0.15, 0.2) is 36.5 Å². The summed E-state index contributed by atoms with van der Waals surface area (Å²) in [5.74, 6) is -0.239. The van der Waals surface area contributed by atoms with Crippen molar-refractivity contribution in [1.82, 2.24) is 9.88 Å². The molecule has 5 nitrogen and oxygen atoms in total. The van der Waals surface area contributed by atoms with Gasteiger partial charge in [-0.1, -0.05) is 23.7 Å². The molecule has 0 atom stereocenters. The number of alkyl halides is 3. The third-order valence-electron chi connectivity index (χ3n) is 4.14. The molecule has 3 rings (SSSR count). The minimum Gasteiger partial charge on any atom is -0.480 e. The first-order chi connectivity index (χ1) is 13.3. The molecule has 150 valence electrons. The molecule has 0 spiro atoms. The summed E-state index contributed by atoms with van der Waals surface area (Å²) in [6.45, 7) is -0.0605. The van der Waals surface area contributed by atoms with Crippen LogP contribution in [0.1, 0.15) is 29.6 Å². The number of likely N-dealkylation sites (tertiary alicyclic amines) is 1. The zero-order valence-electron chi connectivity index (χ0n) is 14.8. The number of hydrogen-bond donors (Lipinski definition) is 0. The molecule has 0 N–H and O–H groups in total. The van der Waals surface area contributed by atoms with Crippen LogP contribution < -0.4 is 9.47 Å². The highest BCUT2D eigenvalue weighted by atomic mass is 35.5. The Morgan fingerprint density at radius 1 is 1.14 bits per heavy atom. The van der Waals surface area contributed by atoms with Gasteiger partial charge in [-0.3, -0.25) is 4.79 Å². The molecule has 9 heteroatoms. The Bertz CT molecular complexity index is 839. The number of benzene rings is 1. The molecule has 0 saturated carbocycles. The normalized spacial score (nSPS) is 14.6. The third kappa shape index (κ3) is 5.28. The lowest BCUT2D eigenvalue weighted by Gasteiger charge is -2.26. The summed E-state index contributed by atoms with van der Waals surface area (Å²) in [6, 6.07) is 7.34. The molecule has 1 fully saturated rings. The van der Waals surface area contributed by atoms with Gasteiger partial charge >= 0.3 is 6.18 Å². The van der Waals surface area contributed by atoms with Crippen LogP contribution in [0, 0.1) is 0 Å². The van der Waals surface area contributed by atoms with E-state index < -0.39 is 12.8 Å². The van der Waals surface area contributed by atoms with Crippen LogP contribution in [0.2, 0.25) is 5.02 Å². The molecule has 1 saturated heterocycles. The van der Waals surface area contributed by atoms with Crippen molar-refractivity contribution >= 4 is 17.5 Å².